The molecule has 0 radical (unpaired) electrons. The molecule has 2 heterocycles. The molecular weight excluding hydrogens is 458 g/mol. The molecule has 0 aromatic carbocycles. The van der Waals surface area contributed by atoms with Crippen molar-refractivity contribution in [1.29, 1.82) is 0 Å². The summed E-state index contributed by atoms with van der Waals surface area (Å²) in [6.45, 7) is 17.7. The van der Waals surface area contributed by atoms with Crippen molar-refractivity contribution >= 4 is 44.1 Å². The Morgan fingerprint density at radius 1 is 0.500 bits per heavy atom. The molecule has 148 valence electrons. The standard InChI is InChI=1S/2C6H14N.2C3H9SeSi/c2*1-7(2)5-3-4-6-7;2*1-5(2,3)4/h2*3-6H2,1-2H3;2*1-3H3/q2*+1;2*-1. The van der Waals surface area contributed by atoms with Gasteiger partial charge in [-0.3, -0.25) is 0 Å². The molecule has 0 atom stereocenters. The number of nitrogens with zero attached hydrogens (tertiary/aromatic N) is 2. The molecule has 0 N–H and O–H groups in total. The van der Waals surface area contributed by atoms with E-state index >= 15 is 0 Å². The molecule has 0 unspecified atom stereocenters. The molecule has 0 aromatic heterocycles. The van der Waals surface area contributed by atoms with E-state index in [-0.39, 0.29) is 0 Å². The first-order valence-electron chi connectivity index (χ1n) is 9.46. The molecule has 0 bridgehead atoms. The Morgan fingerprint density at radius 2 is 0.625 bits per heavy atom. The van der Waals surface area contributed by atoms with Gasteiger partial charge in [-0.1, -0.05) is 0 Å². The second-order valence-electron chi connectivity index (χ2n) is 10.4. The number of quaternary nitrogens is 2. The minimum atomic E-state index is -0.736. The maximum atomic E-state index is 3.12. The normalized spacial score (nSPS) is 21.5. The summed E-state index contributed by atoms with van der Waals surface area (Å²) in [6, 6.07) is 0. The molecule has 2 saturated heterocycles. The van der Waals surface area contributed by atoms with E-state index in [1.807, 2.05) is 0 Å². The third kappa shape index (κ3) is 31.2. The molecule has 2 aliphatic rings. The van der Waals surface area contributed by atoms with Gasteiger partial charge in [-0.25, -0.2) is 0 Å². The quantitative estimate of drug-likeness (QED) is 0.349. The summed E-state index contributed by atoms with van der Waals surface area (Å²) in [5.74, 6) is 0. The molecule has 0 amide bonds. The van der Waals surface area contributed by atoms with Crippen LogP contribution in [0.15, 0.2) is 0 Å². The van der Waals surface area contributed by atoms with Crippen LogP contribution < -0.4 is 0 Å². The number of hydrogen-bond acceptors (Lipinski definition) is 0. The van der Waals surface area contributed by atoms with Crippen LogP contribution >= 0.6 is 0 Å². The first-order valence-corrected chi connectivity index (χ1v) is 21.4. The van der Waals surface area contributed by atoms with Crippen molar-refractivity contribution in [2.75, 3.05) is 54.4 Å². The second-order valence-corrected chi connectivity index (χ2v) is 34.3. The van der Waals surface area contributed by atoms with Crippen LogP contribution in [0, 0.1) is 0 Å². The zero-order valence-electron chi connectivity index (χ0n) is 18.4. The Balaban J connectivity index is 0. The SMILES string of the molecule is C[N+]1(C)CCCC1.C[N+]1(C)CCCC1.C[Si](C)(C)[Se-].C[Si](C)(C)[Se-]. The number of likely N-dealkylation sites (tertiary alicyclic amines) is 2. The topological polar surface area (TPSA) is 0 Å². The van der Waals surface area contributed by atoms with E-state index in [1.165, 1.54) is 60.8 Å². The molecule has 0 spiro atoms. The summed E-state index contributed by atoms with van der Waals surface area (Å²) in [6.07, 6.45) is 5.75. The Hall–Kier alpha value is 1.39. The van der Waals surface area contributed by atoms with Gasteiger partial charge in [0, 0.05) is 25.7 Å². The van der Waals surface area contributed by atoms with Crippen LogP contribution in [-0.2, 0) is 0 Å². The van der Waals surface area contributed by atoms with Gasteiger partial charge in [0.2, 0.25) is 0 Å². The van der Waals surface area contributed by atoms with Crippen molar-refractivity contribution in [2.45, 2.75) is 65.0 Å². The first kappa shape index (κ1) is 27.6. The van der Waals surface area contributed by atoms with Gasteiger partial charge in [0.1, 0.15) is 0 Å². The monoisotopic (exact) mass is 506 g/mol. The summed E-state index contributed by atoms with van der Waals surface area (Å²) < 4.78 is 2.50. The summed E-state index contributed by atoms with van der Waals surface area (Å²) >= 11 is 6.24. The Labute approximate surface area is 171 Å². The van der Waals surface area contributed by atoms with Crippen molar-refractivity contribution < 1.29 is 8.97 Å². The van der Waals surface area contributed by atoms with Crippen LogP contribution in [-0.4, -0.2) is 107 Å². The summed E-state index contributed by atoms with van der Waals surface area (Å²) in [4.78, 5) is 0. The minimum absolute atomic E-state index is 0.736. The van der Waals surface area contributed by atoms with Crippen LogP contribution in [0.5, 0.6) is 0 Å². The van der Waals surface area contributed by atoms with Gasteiger partial charge >= 0.3 is 83.4 Å². The molecule has 2 rings (SSSR count). The van der Waals surface area contributed by atoms with Crippen molar-refractivity contribution in [1.82, 2.24) is 0 Å². The maximum absolute atomic E-state index is 3.12. The van der Waals surface area contributed by atoms with E-state index in [0.717, 1.165) is 0 Å². The summed E-state index contributed by atoms with van der Waals surface area (Å²) in [5, 5.41) is 0. The van der Waals surface area contributed by atoms with Crippen molar-refractivity contribution in [3.8, 4) is 0 Å². The van der Waals surface area contributed by atoms with E-state index < -0.39 is 13.4 Å². The molecule has 6 heteroatoms. The van der Waals surface area contributed by atoms with E-state index in [2.05, 4.69) is 98.2 Å². The third-order valence-corrected chi connectivity index (χ3v) is 3.55. The molecule has 0 saturated carbocycles. The van der Waals surface area contributed by atoms with E-state index in [9.17, 15) is 0 Å². The van der Waals surface area contributed by atoms with Gasteiger partial charge in [0.25, 0.3) is 0 Å². The second kappa shape index (κ2) is 12.0. The van der Waals surface area contributed by atoms with E-state index in [0.29, 0.717) is 0 Å². The fraction of sp³-hybridized carbons (Fsp3) is 1.00. The van der Waals surface area contributed by atoms with Gasteiger partial charge in [0.05, 0.1) is 54.4 Å². The predicted molar refractivity (Wildman–Crippen MR) is 120 cm³/mol. The third-order valence-electron chi connectivity index (χ3n) is 3.55. The zero-order valence-corrected chi connectivity index (χ0v) is 23.8. The molecular formula is C18H46N2Se2Si2. The number of rotatable bonds is 0. The van der Waals surface area contributed by atoms with Crippen LogP contribution in [0.4, 0.5) is 0 Å². The van der Waals surface area contributed by atoms with Crippen molar-refractivity contribution in [3.05, 3.63) is 0 Å². The molecule has 0 aliphatic carbocycles. The van der Waals surface area contributed by atoms with Gasteiger partial charge in [-0.15, -0.1) is 0 Å². The van der Waals surface area contributed by atoms with Gasteiger partial charge in [-0.05, 0) is 0 Å². The molecule has 2 nitrogen and oxygen atoms in total. The van der Waals surface area contributed by atoms with Crippen LogP contribution in [0.25, 0.3) is 0 Å². The van der Waals surface area contributed by atoms with Crippen LogP contribution in [0.2, 0.25) is 39.3 Å². The number of hydrogen-bond donors (Lipinski definition) is 0. The van der Waals surface area contributed by atoms with E-state index in [1.54, 1.807) is 0 Å². The van der Waals surface area contributed by atoms with Gasteiger partial charge < -0.3 is 8.97 Å². The van der Waals surface area contributed by atoms with E-state index in [4.69, 9.17) is 0 Å². The van der Waals surface area contributed by atoms with Gasteiger partial charge in [-0.2, -0.15) is 0 Å². The van der Waals surface area contributed by atoms with Crippen LogP contribution in [0.3, 0.4) is 0 Å². The zero-order chi connectivity index (χ0) is 19.7. The van der Waals surface area contributed by atoms with Crippen molar-refractivity contribution in [2.24, 2.45) is 0 Å². The van der Waals surface area contributed by atoms with Crippen LogP contribution in [0.1, 0.15) is 25.7 Å². The first-order chi connectivity index (χ1) is 10.4. The average molecular weight is 505 g/mol. The fourth-order valence-electron chi connectivity index (χ4n) is 2.38. The Kier molecular flexibility index (Phi) is 13.8. The molecule has 2 fully saturated rings. The molecule has 0 aromatic rings. The fourth-order valence-corrected chi connectivity index (χ4v) is 2.38. The average Bonchev–Trinajstić information content (AvgIpc) is 2.82. The Bertz CT molecular complexity index is 262. The van der Waals surface area contributed by atoms with Crippen molar-refractivity contribution in [3.63, 3.8) is 0 Å². The Morgan fingerprint density at radius 3 is 0.667 bits per heavy atom. The molecule has 2 aliphatic heterocycles. The van der Waals surface area contributed by atoms with Gasteiger partial charge in [0.15, 0.2) is 0 Å². The molecule has 24 heavy (non-hydrogen) atoms. The summed E-state index contributed by atoms with van der Waals surface area (Å²) in [7, 11) is 9.19. The summed E-state index contributed by atoms with van der Waals surface area (Å²) in [5.41, 5.74) is 0. The predicted octanol–water partition coefficient (Wildman–Crippen LogP) is 3.69.